The van der Waals surface area contributed by atoms with E-state index in [1.54, 1.807) is 19.1 Å². The number of carboxylic acid groups (broad SMARTS) is 1. The number of nitrogens with one attached hydrogen (secondary N) is 1. The van der Waals surface area contributed by atoms with Crippen molar-refractivity contribution in [1.82, 2.24) is 15.6 Å². The van der Waals surface area contributed by atoms with Gasteiger partial charge in [0.05, 0.1) is 38.9 Å². The molecule has 0 saturated carbocycles. The molecule has 4 N–H and O–H groups in total. The van der Waals surface area contributed by atoms with Gasteiger partial charge in [-0.1, -0.05) is 30.3 Å². The summed E-state index contributed by atoms with van der Waals surface area (Å²) in [5, 5.41) is 29.6. The molecule has 1 amide bonds. The van der Waals surface area contributed by atoms with E-state index in [0.717, 1.165) is 16.7 Å². The third-order valence-electron chi connectivity index (χ3n) is 7.07. The second kappa shape index (κ2) is 16.0. The van der Waals surface area contributed by atoms with Gasteiger partial charge in [0, 0.05) is 13.0 Å². The molecule has 0 radical (unpaired) electrons. The molecule has 0 saturated heterocycles. The van der Waals surface area contributed by atoms with Gasteiger partial charge in [-0.2, -0.15) is 0 Å². The van der Waals surface area contributed by atoms with E-state index in [1.165, 1.54) is 19.1 Å². The predicted molar refractivity (Wildman–Crippen MR) is 148 cm³/mol. The Morgan fingerprint density at radius 2 is 1.67 bits per heavy atom. The number of benzene rings is 2. The molecule has 13 nitrogen and oxygen atoms in total. The van der Waals surface area contributed by atoms with Gasteiger partial charge in [-0.25, -0.2) is 4.79 Å². The summed E-state index contributed by atoms with van der Waals surface area (Å²) in [6.45, 7) is 1.70. The highest BCUT2D eigenvalue weighted by atomic mass is 17.1. The molecule has 2 aromatic carbocycles. The first-order valence-corrected chi connectivity index (χ1v) is 13.7. The molecule has 3 rings (SSSR count). The summed E-state index contributed by atoms with van der Waals surface area (Å²) in [6, 6.07) is 10.2. The first-order valence-electron chi connectivity index (χ1n) is 13.7. The van der Waals surface area contributed by atoms with Crippen LogP contribution in [0.4, 0.5) is 0 Å². The quantitative estimate of drug-likeness (QED) is 0.128. The minimum absolute atomic E-state index is 0.00575. The van der Waals surface area contributed by atoms with Crippen molar-refractivity contribution in [3.63, 3.8) is 0 Å². The second-order valence-corrected chi connectivity index (χ2v) is 9.93. The number of nitrogens with zero attached hydrogens (tertiary/aromatic N) is 2. The Bertz CT molecular complexity index is 1190. The SMILES string of the molecule is COc1cc2c(cc1OC)CN(C(=O)C(C)NC(CCc1ccccc1)C(=O)O)C(C(=O)OCCCCON(O)O)C2. The van der Waals surface area contributed by atoms with Gasteiger partial charge in [0.1, 0.15) is 12.1 Å². The third-order valence-corrected chi connectivity index (χ3v) is 7.07. The Balaban J connectivity index is 1.75. The lowest BCUT2D eigenvalue weighted by atomic mass is 9.92. The van der Waals surface area contributed by atoms with Gasteiger partial charge in [-0.3, -0.25) is 30.2 Å². The van der Waals surface area contributed by atoms with Crippen LogP contribution in [-0.4, -0.2) is 89.2 Å². The van der Waals surface area contributed by atoms with Crippen LogP contribution in [0.25, 0.3) is 0 Å². The summed E-state index contributed by atoms with van der Waals surface area (Å²) in [6.07, 6.45) is 1.73. The number of aryl methyl sites for hydroxylation is 1. The fourth-order valence-corrected chi connectivity index (χ4v) is 4.83. The molecule has 0 bridgehead atoms. The van der Waals surface area contributed by atoms with Gasteiger partial charge in [0.15, 0.2) is 11.5 Å². The molecule has 13 heteroatoms. The number of ether oxygens (including phenoxy) is 3. The summed E-state index contributed by atoms with van der Waals surface area (Å²) in [5.41, 5.74) is 2.55. The summed E-state index contributed by atoms with van der Waals surface area (Å²) < 4.78 is 16.3. The van der Waals surface area contributed by atoms with Crippen molar-refractivity contribution in [2.24, 2.45) is 0 Å². The predicted octanol–water partition coefficient (Wildman–Crippen LogP) is 2.36. The van der Waals surface area contributed by atoms with E-state index in [9.17, 15) is 19.5 Å². The number of esters is 1. The van der Waals surface area contributed by atoms with Gasteiger partial charge >= 0.3 is 11.9 Å². The van der Waals surface area contributed by atoms with Gasteiger partial charge in [0.25, 0.3) is 0 Å². The molecule has 42 heavy (non-hydrogen) atoms. The van der Waals surface area contributed by atoms with Crippen LogP contribution in [-0.2, 0) is 43.3 Å². The topological polar surface area (TPSA) is 167 Å². The van der Waals surface area contributed by atoms with Crippen LogP contribution < -0.4 is 14.8 Å². The number of amides is 1. The lowest BCUT2D eigenvalue weighted by Crippen LogP contribution is -2.56. The van der Waals surface area contributed by atoms with Crippen LogP contribution >= 0.6 is 0 Å². The molecule has 1 aliphatic rings. The average molecular weight is 590 g/mol. The zero-order valence-electron chi connectivity index (χ0n) is 24.0. The number of fused-ring (bicyclic) bond motifs is 1. The Kier molecular flexibility index (Phi) is 12.5. The number of methoxy groups -OCH3 is 2. The first-order chi connectivity index (χ1) is 20.1. The van der Waals surface area contributed by atoms with Crippen molar-refractivity contribution in [2.75, 3.05) is 27.4 Å². The molecular formula is C29H39N3O10. The molecule has 3 atom stereocenters. The van der Waals surface area contributed by atoms with E-state index in [0.29, 0.717) is 30.8 Å². The Hall–Kier alpha value is -3.75. The average Bonchev–Trinajstić information content (AvgIpc) is 2.99. The minimum atomic E-state index is -1.07. The zero-order chi connectivity index (χ0) is 30.6. The smallest absolute Gasteiger partial charge is 0.329 e. The lowest BCUT2D eigenvalue weighted by molar-refractivity contribution is -0.492. The van der Waals surface area contributed by atoms with Gasteiger partial charge in [-0.05, 0) is 61.4 Å². The highest BCUT2D eigenvalue weighted by Crippen LogP contribution is 2.35. The Morgan fingerprint density at radius 1 is 1.02 bits per heavy atom. The highest BCUT2D eigenvalue weighted by molar-refractivity contribution is 5.89. The van der Waals surface area contributed by atoms with Crippen LogP contribution in [0.15, 0.2) is 42.5 Å². The number of carboxylic acids is 1. The van der Waals surface area contributed by atoms with E-state index in [1.807, 2.05) is 30.3 Å². The summed E-state index contributed by atoms with van der Waals surface area (Å²) in [4.78, 5) is 44.9. The molecule has 1 heterocycles. The van der Waals surface area contributed by atoms with Crippen LogP contribution in [0.5, 0.6) is 11.5 Å². The summed E-state index contributed by atoms with van der Waals surface area (Å²) in [5.74, 6) is -1.15. The molecule has 230 valence electrons. The molecule has 0 spiro atoms. The fourth-order valence-electron chi connectivity index (χ4n) is 4.83. The van der Waals surface area contributed by atoms with Crippen LogP contribution in [0.1, 0.15) is 42.9 Å². The van der Waals surface area contributed by atoms with E-state index < -0.39 is 36.0 Å². The number of rotatable bonds is 16. The number of hydrogen-bond acceptors (Lipinski definition) is 11. The van der Waals surface area contributed by atoms with E-state index in [2.05, 4.69) is 10.2 Å². The number of carbonyl (C=O) groups is 3. The maximum absolute atomic E-state index is 13.7. The van der Waals surface area contributed by atoms with Crippen LogP contribution in [0.2, 0.25) is 0 Å². The molecule has 3 unspecified atom stereocenters. The number of aliphatic carboxylic acids is 1. The highest BCUT2D eigenvalue weighted by Gasteiger charge is 2.38. The maximum Gasteiger partial charge on any atom is 0.329 e. The largest absolute Gasteiger partial charge is 0.493 e. The molecule has 0 fully saturated rings. The van der Waals surface area contributed by atoms with Crippen molar-refractivity contribution >= 4 is 17.8 Å². The Morgan fingerprint density at radius 3 is 2.29 bits per heavy atom. The number of unbranched alkanes of at least 4 members (excludes halogenated alkanes) is 1. The monoisotopic (exact) mass is 589 g/mol. The number of hydrogen-bond donors (Lipinski definition) is 4. The lowest BCUT2D eigenvalue weighted by Gasteiger charge is -2.37. The van der Waals surface area contributed by atoms with Crippen molar-refractivity contribution in [3.8, 4) is 11.5 Å². The van der Waals surface area contributed by atoms with Crippen molar-refractivity contribution in [1.29, 1.82) is 0 Å². The first kappa shape index (κ1) is 32.8. The van der Waals surface area contributed by atoms with Gasteiger partial charge in [0.2, 0.25) is 5.91 Å². The third kappa shape index (κ3) is 9.13. The van der Waals surface area contributed by atoms with Crippen molar-refractivity contribution in [3.05, 3.63) is 59.2 Å². The molecular weight excluding hydrogens is 550 g/mol. The van der Waals surface area contributed by atoms with E-state index >= 15 is 0 Å². The number of carbonyl (C=O) groups excluding carboxylic acids is 2. The molecule has 0 aliphatic carbocycles. The van der Waals surface area contributed by atoms with E-state index in [-0.39, 0.29) is 38.0 Å². The minimum Gasteiger partial charge on any atom is -0.493 e. The molecule has 2 aromatic rings. The van der Waals surface area contributed by atoms with Gasteiger partial charge in [-0.15, -0.1) is 0 Å². The second-order valence-electron chi connectivity index (χ2n) is 9.93. The maximum atomic E-state index is 13.7. The molecule has 1 aliphatic heterocycles. The van der Waals surface area contributed by atoms with Crippen LogP contribution in [0, 0.1) is 0 Å². The van der Waals surface area contributed by atoms with Crippen LogP contribution in [0.3, 0.4) is 0 Å². The standard InChI is InChI=1S/C29H39N3O10/c1-19(30-23(28(34)35)12-11-20-9-5-4-6-10-20)27(33)31-18-22-17-26(40-3)25(39-2)16-21(22)15-24(31)29(36)41-13-7-8-14-42-32(37)38/h4-6,9-10,16-17,19,23-24,30,37-38H,7-8,11-15,18H2,1-3H3,(H,34,35). The summed E-state index contributed by atoms with van der Waals surface area (Å²) in [7, 11) is 3.02. The van der Waals surface area contributed by atoms with Gasteiger partial charge < -0.3 is 24.2 Å². The van der Waals surface area contributed by atoms with Crippen molar-refractivity contribution in [2.45, 2.75) is 63.7 Å². The van der Waals surface area contributed by atoms with Crippen molar-refractivity contribution < 1.29 is 49.0 Å². The normalized spacial score (nSPS) is 16.0. The zero-order valence-corrected chi connectivity index (χ0v) is 24.0. The van der Waals surface area contributed by atoms with E-state index in [4.69, 9.17) is 24.6 Å². The fraction of sp³-hybridized carbons (Fsp3) is 0.483. The molecule has 0 aromatic heterocycles. The Labute approximate surface area is 244 Å². The summed E-state index contributed by atoms with van der Waals surface area (Å²) >= 11 is 0.